The van der Waals surface area contributed by atoms with Crippen LogP contribution in [0.3, 0.4) is 0 Å². The van der Waals surface area contributed by atoms with Crippen molar-refractivity contribution in [3.05, 3.63) is 0 Å². The smallest absolute Gasteiger partial charge is 0.404 e. The minimum atomic E-state index is -0.0452. The van der Waals surface area contributed by atoms with E-state index in [1.54, 1.807) is 0 Å². The van der Waals surface area contributed by atoms with Gasteiger partial charge in [-0.2, -0.15) is 0 Å². The quantitative estimate of drug-likeness (QED) is 0.737. The molecule has 106 valence electrons. The lowest BCUT2D eigenvalue weighted by Crippen LogP contribution is -2.65. The molecule has 3 aliphatic carbocycles. The number of hydrogen-bond donors (Lipinski definition) is 1. The topological polar surface area (TPSA) is 30.5 Å². The van der Waals surface area contributed by atoms with Crippen molar-refractivity contribution in [2.75, 3.05) is 0 Å². The van der Waals surface area contributed by atoms with Crippen LogP contribution in [-0.4, -0.2) is 30.8 Å². The van der Waals surface area contributed by atoms with E-state index in [4.69, 9.17) is 9.31 Å². The monoisotopic (exact) mass is 263 g/mol. The Balaban J connectivity index is 1.54. The zero-order chi connectivity index (χ0) is 13.4. The Hall–Kier alpha value is -0.0551. The summed E-state index contributed by atoms with van der Waals surface area (Å²) in [4.78, 5) is 0. The van der Waals surface area contributed by atoms with Crippen molar-refractivity contribution in [2.24, 2.45) is 17.3 Å². The van der Waals surface area contributed by atoms with Crippen molar-refractivity contribution in [1.82, 2.24) is 5.32 Å². The summed E-state index contributed by atoms with van der Waals surface area (Å²) in [6, 6.07) is 0.609. The van der Waals surface area contributed by atoms with E-state index in [1.807, 2.05) is 0 Å². The van der Waals surface area contributed by atoms with Crippen LogP contribution in [0.25, 0.3) is 0 Å². The van der Waals surface area contributed by atoms with Gasteiger partial charge in [0.15, 0.2) is 0 Å². The Morgan fingerprint density at radius 1 is 1.16 bits per heavy atom. The van der Waals surface area contributed by atoms with Gasteiger partial charge in [-0.3, -0.25) is 0 Å². The van der Waals surface area contributed by atoms with Gasteiger partial charge in [-0.1, -0.05) is 13.8 Å². The van der Waals surface area contributed by atoms with Crippen LogP contribution >= 0.6 is 0 Å². The second-order valence-corrected chi connectivity index (χ2v) is 8.09. The van der Waals surface area contributed by atoms with Crippen LogP contribution in [0, 0.1) is 17.3 Å². The van der Waals surface area contributed by atoms with Crippen LogP contribution < -0.4 is 5.32 Å². The van der Waals surface area contributed by atoms with Gasteiger partial charge in [-0.15, -0.1) is 0 Å². The Morgan fingerprint density at radius 2 is 1.95 bits per heavy atom. The lowest BCUT2D eigenvalue weighted by Gasteiger charge is -2.64. The maximum absolute atomic E-state index is 6.49. The van der Waals surface area contributed by atoms with Gasteiger partial charge in [0.25, 0.3) is 0 Å². The Bertz CT molecular complexity index is 402. The highest BCUT2D eigenvalue weighted by Crippen LogP contribution is 2.65. The molecule has 5 fully saturated rings. The molecular formula is C15H26BNO2. The molecule has 4 heteroatoms. The van der Waals surface area contributed by atoms with Gasteiger partial charge >= 0.3 is 7.12 Å². The summed E-state index contributed by atoms with van der Waals surface area (Å²) in [5.41, 5.74) is 0.399. The maximum atomic E-state index is 6.49. The molecule has 1 N–H and O–H groups in total. The second kappa shape index (κ2) is 3.77. The molecule has 0 amide bonds. The van der Waals surface area contributed by atoms with Crippen LogP contribution in [-0.2, 0) is 9.31 Å². The molecule has 0 radical (unpaired) electrons. The predicted molar refractivity (Wildman–Crippen MR) is 75.7 cm³/mol. The van der Waals surface area contributed by atoms with Crippen molar-refractivity contribution in [3.8, 4) is 0 Å². The highest BCUT2D eigenvalue weighted by Gasteiger charge is 2.68. The van der Waals surface area contributed by atoms with Crippen molar-refractivity contribution in [3.63, 3.8) is 0 Å². The van der Waals surface area contributed by atoms with E-state index in [0.29, 0.717) is 29.4 Å². The molecule has 0 aromatic heterocycles. The maximum Gasteiger partial charge on any atom is 0.475 e. The fourth-order valence-corrected chi connectivity index (χ4v) is 5.25. The SMILES string of the molecule is CC1CCC(B2O[C@@H]3CC4CC(C4(C)C)[C@]3(C)O2)N1. The highest BCUT2D eigenvalue weighted by molar-refractivity contribution is 6.47. The van der Waals surface area contributed by atoms with Crippen molar-refractivity contribution in [1.29, 1.82) is 0 Å². The zero-order valence-corrected chi connectivity index (χ0v) is 12.6. The molecule has 2 aliphatic heterocycles. The molecule has 3 saturated carbocycles. The average molecular weight is 263 g/mol. The fourth-order valence-electron chi connectivity index (χ4n) is 5.25. The van der Waals surface area contributed by atoms with E-state index in [9.17, 15) is 0 Å². The van der Waals surface area contributed by atoms with Gasteiger partial charge in [0.2, 0.25) is 0 Å². The molecule has 2 saturated heterocycles. The van der Waals surface area contributed by atoms with E-state index in [-0.39, 0.29) is 12.7 Å². The van der Waals surface area contributed by atoms with Gasteiger partial charge in [0.05, 0.1) is 11.7 Å². The van der Waals surface area contributed by atoms with Crippen molar-refractivity contribution < 1.29 is 9.31 Å². The molecule has 0 aromatic carbocycles. The molecule has 5 aliphatic rings. The van der Waals surface area contributed by atoms with Gasteiger partial charge < -0.3 is 14.6 Å². The summed E-state index contributed by atoms with van der Waals surface area (Å²) in [6.07, 6.45) is 5.29. The molecular weight excluding hydrogens is 237 g/mol. The first-order chi connectivity index (χ1) is 8.91. The Kier molecular flexibility index (Phi) is 2.52. The van der Waals surface area contributed by atoms with Crippen molar-refractivity contribution >= 4 is 7.12 Å². The summed E-state index contributed by atoms with van der Waals surface area (Å²) >= 11 is 0. The minimum absolute atomic E-state index is 0.0184. The fraction of sp³-hybridized carbons (Fsp3) is 1.00. The first-order valence-electron chi connectivity index (χ1n) is 8.00. The van der Waals surface area contributed by atoms with E-state index in [0.717, 1.165) is 5.92 Å². The summed E-state index contributed by atoms with van der Waals surface area (Å²) in [7, 11) is -0.0184. The van der Waals surface area contributed by atoms with Gasteiger partial charge in [-0.25, -0.2) is 0 Å². The second-order valence-electron chi connectivity index (χ2n) is 8.09. The molecule has 5 rings (SSSR count). The lowest BCUT2D eigenvalue weighted by atomic mass is 9.43. The summed E-state index contributed by atoms with van der Waals surface area (Å²) < 4.78 is 12.8. The van der Waals surface area contributed by atoms with E-state index in [2.05, 4.69) is 33.0 Å². The first-order valence-corrected chi connectivity index (χ1v) is 8.00. The van der Waals surface area contributed by atoms with E-state index in [1.165, 1.54) is 25.7 Å². The normalized spacial score (nSPS) is 54.9. The van der Waals surface area contributed by atoms with Crippen LogP contribution in [0.15, 0.2) is 0 Å². The summed E-state index contributed by atoms with van der Waals surface area (Å²) in [5.74, 6) is 1.92. The zero-order valence-electron chi connectivity index (χ0n) is 12.6. The third kappa shape index (κ3) is 1.57. The molecule has 4 unspecified atom stereocenters. The molecule has 2 heterocycles. The summed E-state index contributed by atoms with van der Waals surface area (Å²) in [6.45, 7) is 9.39. The van der Waals surface area contributed by atoms with Gasteiger partial charge in [0, 0.05) is 12.0 Å². The first kappa shape index (κ1) is 12.7. The van der Waals surface area contributed by atoms with Gasteiger partial charge in [-0.05, 0) is 56.8 Å². The van der Waals surface area contributed by atoms with Crippen LogP contribution in [0.5, 0.6) is 0 Å². The predicted octanol–water partition coefficient (Wildman–Crippen LogP) is 2.39. The van der Waals surface area contributed by atoms with Crippen LogP contribution in [0.4, 0.5) is 0 Å². The molecule has 6 atom stereocenters. The third-order valence-electron chi connectivity index (χ3n) is 6.71. The molecule has 0 spiro atoms. The molecule has 3 nitrogen and oxygen atoms in total. The molecule has 2 bridgehead atoms. The van der Waals surface area contributed by atoms with Crippen LogP contribution in [0.1, 0.15) is 53.4 Å². The highest BCUT2D eigenvalue weighted by atomic mass is 16.7. The number of hydrogen-bond acceptors (Lipinski definition) is 3. The lowest BCUT2D eigenvalue weighted by molar-refractivity contribution is -0.199. The largest absolute Gasteiger partial charge is 0.475 e. The number of rotatable bonds is 1. The molecule has 19 heavy (non-hydrogen) atoms. The van der Waals surface area contributed by atoms with E-state index < -0.39 is 0 Å². The standard InChI is InChI=1S/C15H26BNO2/c1-9-5-6-13(17-9)16-18-12-8-10-7-11(14(10,2)3)15(12,4)19-16/h9-13,17H,5-8H2,1-4H3/t9?,10?,11?,12-,13?,15+/m1/s1. The van der Waals surface area contributed by atoms with Gasteiger partial charge in [0.1, 0.15) is 0 Å². The Labute approximate surface area is 116 Å². The summed E-state index contributed by atoms with van der Waals surface area (Å²) in [5, 5.41) is 3.62. The third-order valence-corrected chi connectivity index (χ3v) is 6.71. The minimum Gasteiger partial charge on any atom is -0.404 e. The molecule has 0 aromatic rings. The van der Waals surface area contributed by atoms with E-state index >= 15 is 0 Å². The number of nitrogens with one attached hydrogen (secondary N) is 1. The van der Waals surface area contributed by atoms with Crippen molar-refractivity contribution in [2.45, 2.75) is 77.1 Å². The van der Waals surface area contributed by atoms with Crippen LogP contribution in [0.2, 0.25) is 0 Å². The average Bonchev–Trinajstić information content (AvgIpc) is 2.90. The Morgan fingerprint density at radius 3 is 2.58 bits per heavy atom.